The van der Waals surface area contributed by atoms with Crippen LogP contribution >= 0.6 is 27.3 Å². The Bertz CT molecular complexity index is 790. The number of hydrogen-bond acceptors (Lipinski definition) is 3. The van der Waals surface area contributed by atoms with Gasteiger partial charge in [-0.25, -0.2) is 9.66 Å². The van der Waals surface area contributed by atoms with Gasteiger partial charge in [0.15, 0.2) is 0 Å². The molecule has 3 rings (SSSR count). The maximum absolute atomic E-state index is 11.9. The van der Waals surface area contributed by atoms with Crippen LogP contribution in [0.5, 0.6) is 0 Å². The van der Waals surface area contributed by atoms with Crippen molar-refractivity contribution in [3.63, 3.8) is 0 Å². The molecule has 0 aliphatic carbocycles. The van der Waals surface area contributed by atoms with Crippen molar-refractivity contribution < 1.29 is 4.79 Å². The second-order valence-corrected chi connectivity index (χ2v) is 6.55. The summed E-state index contributed by atoms with van der Waals surface area (Å²) in [4.78, 5) is 17.1. The van der Waals surface area contributed by atoms with E-state index < -0.39 is 0 Å². The van der Waals surface area contributed by atoms with Crippen LogP contribution in [0.3, 0.4) is 0 Å². The monoisotopic (exact) mass is 347 g/mol. The number of rotatable bonds is 3. The first-order valence-electron chi connectivity index (χ1n) is 5.89. The summed E-state index contributed by atoms with van der Waals surface area (Å²) in [6.45, 7) is 0. The number of thiophene rings is 1. The third kappa shape index (κ3) is 2.81. The molecule has 20 heavy (non-hydrogen) atoms. The van der Waals surface area contributed by atoms with E-state index in [1.54, 1.807) is 28.4 Å². The Hall–Kier alpha value is -1.92. The summed E-state index contributed by atoms with van der Waals surface area (Å²) in [7, 11) is 0. The van der Waals surface area contributed by atoms with Crippen molar-refractivity contribution in [2.24, 2.45) is 0 Å². The Labute approximate surface area is 127 Å². The van der Waals surface area contributed by atoms with Crippen molar-refractivity contribution >= 4 is 50.3 Å². The molecule has 1 aromatic carbocycles. The number of carbonyl (C=O) groups excluding carboxylic acids is 1. The third-order valence-corrected chi connectivity index (χ3v) is 4.27. The van der Waals surface area contributed by atoms with Crippen molar-refractivity contribution in [3.05, 3.63) is 57.5 Å². The lowest BCUT2D eigenvalue weighted by Gasteiger charge is -2.03. The van der Waals surface area contributed by atoms with Gasteiger partial charge in [-0.2, -0.15) is 0 Å². The predicted octanol–water partition coefficient (Wildman–Crippen LogP) is 3.64. The summed E-state index contributed by atoms with van der Waals surface area (Å²) in [6, 6.07) is 11.5. The fourth-order valence-corrected chi connectivity index (χ4v) is 3.11. The molecule has 0 fully saturated rings. The molecule has 0 saturated carbocycles. The Kier molecular flexibility index (Phi) is 3.66. The average molecular weight is 348 g/mol. The zero-order valence-corrected chi connectivity index (χ0v) is 12.7. The van der Waals surface area contributed by atoms with Crippen LogP contribution in [0.15, 0.2) is 52.6 Å². The van der Waals surface area contributed by atoms with E-state index in [1.165, 1.54) is 6.08 Å². The molecule has 3 aromatic rings. The fourth-order valence-electron chi connectivity index (χ4n) is 1.78. The van der Waals surface area contributed by atoms with Crippen molar-refractivity contribution in [1.82, 2.24) is 9.66 Å². The second-order valence-electron chi connectivity index (χ2n) is 4.05. The molecule has 2 heterocycles. The van der Waals surface area contributed by atoms with Gasteiger partial charge < -0.3 is 0 Å². The number of halogens is 1. The number of nitrogens with one attached hydrogen (secondary N) is 1. The lowest BCUT2D eigenvalue weighted by Crippen LogP contribution is -2.19. The van der Waals surface area contributed by atoms with E-state index in [2.05, 4.69) is 26.3 Å². The van der Waals surface area contributed by atoms with Crippen molar-refractivity contribution in [2.75, 3.05) is 5.43 Å². The summed E-state index contributed by atoms with van der Waals surface area (Å²) in [5.41, 5.74) is 4.48. The normalized spacial score (nSPS) is 11.2. The number of aromatic nitrogens is 2. The van der Waals surface area contributed by atoms with Crippen LogP contribution in [0, 0.1) is 0 Å². The summed E-state index contributed by atoms with van der Waals surface area (Å²) >= 11 is 4.96. The van der Waals surface area contributed by atoms with E-state index in [0.717, 1.165) is 19.7 Å². The Morgan fingerprint density at radius 2 is 2.15 bits per heavy atom. The van der Waals surface area contributed by atoms with Gasteiger partial charge in [0.25, 0.3) is 5.91 Å². The highest BCUT2D eigenvalue weighted by Crippen LogP contribution is 2.22. The van der Waals surface area contributed by atoms with Gasteiger partial charge in [0.1, 0.15) is 6.33 Å². The van der Waals surface area contributed by atoms with Crippen LogP contribution in [0.4, 0.5) is 0 Å². The maximum Gasteiger partial charge on any atom is 0.262 e. The van der Waals surface area contributed by atoms with Crippen LogP contribution in [-0.2, 0) is 4.79 Å². The van der Waals surface area contributed by atoms with Gasteiger partial charge in [-0.3, -0.25) is 10.2 Å². The Balaban J connectivity index is 1.74. The van der Waals surface area contributed by atoms with Crippen LogP contribution in [0.2, 0.25) is 0 Å². The van der Waals surface area contributed by atoms with Crippen molar-refractivity contribution in [3.8, 4) is 0 Å². The number of nitrogens with zero attached hydrogens (tertiary/aromatic N) is 2. The smallest absolute Gasteiger partial charge is 0.262 e. The fraction of sp³-hybridized carbons (Fsp3) is 0. The van der Waals surface area contributed by atoms with Gasteiger partial charge in [-0.1, -0.05) is 12.1 Å². The highest BCUT2D eigenvalue weighted by atomic mass is 79.9. The molecular formula is C14H10BrN3OS. The first kappa shape index (κ1) is 13.1. The van der Waals surface area contributed by atoms with Gasteiger partial charge in [0.2, 0.25) is 0 Å². The van der Waals surface area contributed by atoms with Crippen LogP contribution in [0.25, 0.3) is 17.1 Å². The first-order valence-corrected chi connectivity index (χ1v) is 7.50. The molecule has 0 aliphatic heterocycles. The summed E-state index contributed by atoms with van der Waals surface area (Å²) in [5.74, 6) is -0.197. The summed E-state index contributed by atoms with van der Waals surface area (Å²) < 4.78 is 2.66. The number of para-hydroxylation sites is 2. The lowest BCUT2D eigenvalue weighted by molar-refractivity contribution is -0.112. The number of carbonyl (C=O) groups is 1. The van der Waals surface area contributed by atoms with E-state index >= 15 is 0 Å². The van der Waals surface area contributed by atoms with E-state index in [1.807, 2.05) is 36.4 Å². The highest BCUT2D eigenvalue weighted by molar-refractivity contribution is 9.11. The van der Waals surface area contributed by atoms with Crippen LogP contribution in [0.1, 0.15) is 4.88 Å². The Morgan fingerprint density at radius 3 is 2.95 bits per heavy atom. The van der Waals surface area contributed by atoms with E-state index in [4.69, 9.17) is 0 Å². The quantitative estimate of drug-likeness (QED) is 0.735. The van der Waals surface area contributed by atoms with Crippen LogP contribution in [-0.4, -0.2) is 15.6 Å². The molecule has 6 heteroatoms. The Morgan fingerprint density at radius 1 is 1.30 bits per heavy atom. The molecule has 0 radical (unpaired) electrons. The number of amides is 1. The van der Waals surface area contributed by atoms with Gasteiger partial charge in [-0.05, 0) is 46.3 Å². The van der Waals surface area contributed by atoms with Gasteiger partial charge in [0, 0.05) is 11.0 Å². The zero-order chi connectivity index (χ0) is 13.9. The van der Waals surface area contributed by atoms with Gasteiger partial charge in [0.05, 0.1) is 14.8 Å². The standard InChI is InChI=1S/C14H10BrN3OS/c15-13-7-5-10(20-13)6-8-14(19)17-18-9-16-11-3-1-2-4-12(11)18/h1-9H,(H,17,19)/b8-6+. The molecule has 0 saturated heterocycles. The zero-order valence-electron chi connectivity index (χ0n) is 10.3. The van der Waals surface area contributed by atoms with E-state index in [0.29, 0.717) is 0 Å². The van der Waals surface area contributed by atoms with E-state index in [-0.39, 0.29) is 5.91 Å². The minimum Gasteiger partial charge on any atom is -0.268 e. The molecular weight excluding hydrogens is 338 g/mol. The number of fused-ring (bicyclic) bond motifs is 1. The first-order chi connectivity index (χ1) is 9.72. The number of hydrogen-bond donors (Lipinski definition) is 1. The SMILES string of the molecule is O=C(/C=C/c1ccc(Br)s1)Nn1cnc2ccccc21. The molecule has 1 N–H and O–H groups in total. The molecule has 100 valence electrons. The number of imidazole rings is 1. The lowest BCUT2D eigenvalue weighted by atomic mass is 10.3. The maximum atomic E-state index is 11.9. The molecule has 0 spiro atoms. The average Bonchev–Trinajstić information content (AvgIpc) is 3.04. The van der Waals surface area contributed by atoms with E-state index in [9.17, 15) is 4.79 Å². The molecule has 4 nitrogen and oxygen atoms in total. The minimum absolute atomic E-state index is 0.197. The highest BCUT2D eigenvalue weighted by Gasteiger charge is 2.03. The molecule has 0 aliphatic rings. The topological polar surface area (TPSA) is 46.9 Å². The van der Waals surface area contributed by atoms with Crippen LogP contribution < -0.4 is 5.43 Å². The molecule has 0 atom stereocenters. The van der Waals surface area contributed by atoms with Gasteiger partial charge >= 0.3 is 0 Å². The molecule has 2 aromatic heterocycles. The summed E-state index contributed by atoms with van der Waals surface area (Å²) in [5, 5.41) is 0. The largest absolute Gasteiger partial charge is 0.268 e. The minimum atomic E-state index is -0.197. The molecule has 1 amide bonds. The summed E-state index contributed by atoms with van der Waals surface area (Å²) in [6.07, 6.45) is 4.88. The second kappa shape index (κ2) is 5.60. The molecule has 0 bridgehead atoms. The van der Waals surface area contributed by atoms with Crippen molar-refractivity contribution in [2.45, 2.75) is 0 Å². The predicted molar refractivity (Wildman–Crippen MR) is 85.2 cm³/mol. The molecule has 0 unspecified atom stereocenters. The van der Waals surface area contributed by atoms with Crippen molar-refractivity contribution in [1.29, 1.82) is 0 Å². The van der Waals surface area contributed by atoms with Gasteiger partial charge in [-0.15, -0.1) is 11.3 Å². The third-order valence-electron chi connectivity index (χ3n) is 2.68. The number of benzene rings is 1.